The molecule has 1 aromatic heterocycles. The number of alkyl halides is 5. The van der Waals surface area contributed by atoms with Crippen molar-refractivity contribution in [3.05, 3.63) is 16.1 Å². The normalized spacial score (nSPS) is 25.7. The number of halogens is 5. The van der Waals surface area contributed by atoms with Gasteiger partial charge < -0.3 is 20.3 Å². The third-order valence-corrected chi connectivity index (χ3v) is 7.12. The number of ether oxygens (including phenoxy) is 1. The molecule has 0 bridgehead atoms. The molecular formula is C22H29F5N4O4S. The fourth-order valence-corrected chi connectivity index (χ4v) is 5.47. The molecule has 2 amide bonds. The van der Waals surface area contributed by atoms with Crippen LogP contribution in [0, 0.1) is 5.92 Å². The molecular weight excluding hydrogens is 511 g/mol. The lowest BCUT2D eigenvalue weighted by molar-refractivity contribution is -0.290. The minimum absolute atomic E-state index is 0.0486. The molecule has 2 fully saturated rings. The molecule has 0 aromatic carbocycles. The largest absolute Gasteiger partial charge is 0.469 e. The number of carbonyl (C=O) groups excluding carboxylic acids is 3. The van der Waals surface area contributed by atoms with Crippen molar-refractivity contribution in [2.75, 3.05) is 13.7 Å². The zero-order valence-corrected chi connectivity index (χ0v) is 21.1. The number of esters is 1. The molecule has 2 aliphatic rings. The van der Waals surface area contributed by atoms with Gasteiger partial charge in [0.1, 0.15) is 11.7 Å². The summed E-state index contributed by atoms with van der Waals surface area (Å²) in [5.41, 5.74) is -1.75. The zero-order valence-electron chi connectivity index (χ0n) is 20.2. The molecule has 2 N–H and O–H groups in total. The van der Waals surface area contributed by atoms with Crippen LogP contribution < -0.4 is 10.6 Å². The highest BCUT2D eigenvalue weighted by molar-refractivity contribution is 7.11. The lowest BCUT2D eigenvalue weighted by atomic mass is 9.80. The number of methoxy groups -OCH3 is 1. The van der Waals surface area contributed by atoms with Crippen LogP contribution in [0.1, 0.15) is 62.0 Å². The molecule has 3 rings (SSSR count). The van der Waals surface area contributed by atoms with Crippen LogP contribution >= 0.6 is 11.3 Å². The van der Waals surface area contributed by atoms with E-state index in [9.17, 15) is 36.3 Å². The first kappa shape index (κ1) is 28.2. The molecule has 8 nitrogen and oxygen atoms in total. The second-order valence-corrected chi connectivity index (χ2v) is 10.9. The Kier molecular flexibility index (Phi) is 7.99. The second kappa shape index (κ2) is 10.2. The maximum Gasteiger partial charge on any atom is 0.459 e. The Labute approximate surface area is 208 Å². The number of carbonyl (C=O) groups is 3. The second-order valence-electron chi connectivity index (χ2n) is 10.1. The Bertz CT molecular complexity index is 994. The predicted octanol–water partition coefficient (Wildman–Crippen LogP) is 3.23. The van der Waals surface area contributed by atoms with E-state index in [1.807, 2.05) is 20.8 Å². The van der Waals surface area contributed by atoms with Crippen molar-refractivity contribution in [1.29, 1.82) is 0 Å². The molecule has 1 aliphatic heterocycles. The van der Waals surface area contributed by atoms with Crippen LogP contribution in [0.15, 0.2) is 5.38 Å². The quantitative estimate of drug-likeness (QED) is 0.425. The molecule has 2 heterocycles. The fourth-order valence-electron chi connectivity index (χ4n) is 4.73. The third kappa shape index (κ3) is 5.96. The first-order valence-electron chi connectivity index (χ1n) is 11.4. The van der Waals surface area contributed by atoms with Gasteiger partial charge in [-0.05, 0) is 46.5 Å². The third-order valence-electron chi connectivity index (χ3n) is 6.28. The molecule has 14 heteroatoms. The summed E-state index contributed by atoms with van der Waals surface area (Å²) >= 11 is 0.330. The van der Waals surface area contributed by atoms with Gasteiger partial charge in [0.15, 0.2) is 5.01 Å². The summed E-state index contributed by atoms with van der Waals surface area (Å²) in [6.07, 6.45) is -3.96. The van der Waals surface area contributed by atoms with Crippen LogP contribution in [0.25, 0.3) is 0 Å². The van der Waals surface area contributed by atoms with Crippen LogP contribution in [0.3, 0.4) is 0 Å². The van der Waals surface area contributed by atoms with Gasteiger partial charge in [-0.3, -0.25) is 14.4 Å². The highest BCUT2D eigenvalue weighted by atomic mass is 32.1. The Morgan fingerprint density at radius 1 is 1.14 bits per heavy atom. The van der Waals surface area contributed by atoms with E-state index in [1.54, 1.807) is 0 Å². The maximum absolute atomic E-state index is 13.5. The number of rotatable bonds is 6. The minimum atomic E-state index is -5.85. The number of hydrogen-bond donors (Lipinski definition) is 2. The van der Waals surface area contributed by atoms with E-state index < -0.39 is 58.6 Å². The lowest BCUT2D eigenvalue weighted by Crippen LogP contribution is -2.55. The van der Waals surface area contributed by atoms with Crippen LogP contribution in [0.4, 0.5) is 22.0 Å². The number of nitrogens with one attached hydrogen (secondary N) is 2. The van der Waals surface area contributed by atoms with Gasteiger partial charge in [0.2, 0.25) is 5.91 Å². The van der Waals surface area contributed by atoms with Crippen LogP contribution in [-0.2, 0) is 20.2 Å². The Hall–Kier alpha value is -2.35. The lowest BCUT2D eigenvalue weighted by Gasteiger charge is -2.41. The topological polar surface area (TPSA) is 101 Å². The SMILES string of the molecule is COC(=O)[C@@H]1C[C@H](NC(C)(C)C)CC[C@@H]1N1CC[C@H](NC(=O)c2nc(C(F)(F)C(F)(F)F)cs2)C1=O. The van der Waals surface area contributed by atoms with Gasteiger partial charge in [0.25, 0.3) is 5.91 Å². The maximum atomic E-state index is 13.5. The van der Waals surface area contributed by atoms with Crippen molar-refractivity contribution in [2.24, 2.45) is 5.92 Å². The van der Waals surface area contributed by atoms with Gasteiger partial charge in [0, 0.05) is 29.5 Å². The van der Waals surface area contributed by atoms with E-state index in [0.29, 0.717) is 36.0 Å². The van der Waals surface area contributed by atoms with Crippen molar-refractivity contribution < 1.29 is 41.1 Å². The van der Waals surface area contributed by atoms with Gasteiger partial charge in [-0.1, -0.05) is 0 Å². The smallest absolute Gasteiger partial charge is 0.459 e. The number of thiazole rings is 1. The summed E-state index contributed by atoms with van der Waals surface area (Å²) < 4.78 is 69.7. The number of hydrogen-bond acceptors (Lipinski definition) is 7. The Morgan fingerprint density at radius 2 is 1.81 bits per heavy atom. The van der Waals surface area contributed by atoms with Crippen molar-refractivity contribution in [3.8, 4) is 0 Å². The van der Waals surface area contributed by atoms with E-state index in [0.717, 1.165) is 0 Å². The summed E-state index contributed by atoms with van der Waals surface area (Å²) in [4.78, 5) is 42.8. The average Bonchev–Trinajstić information content (AvgIpc) is 3.39. The van der Waals surface area contributed by atoms with Crippen LogP contribution in [0.2, 0.25) is 0 Å². The first-order chi connectivity index (χ1) is 16.5. The van der Waals surface area contributed by atoms with Crippen molar-refractivity contribution >= 4 is 29.1 Å². The number of likely N-dealkylation sites (tertiary alicyclic amines) is 1. The molecule has 4 atom stereocenters. The van der Waals surface area contributed by atoms with E-state index in [-0.39, 0.29) is 24.5 Å². The average molecular weight is 541 g/mol. The summed E-state index contributed by atoms with van der Waals surface area (Å²) in [7, 11) is 1.28. The van der Waals surface area contributed by atoms with Gasteiger partial charge in [0.05, 0.1) is 13.0 Å². The predicted molar refractivity (Wildman–Crippen MR) is 119 cm³/mol. The molecule has 0 radical (unpaired) electrons. The van der Waals surface area contributed by atoms with E-state index in [2.05, 4.69) is 15.6 Å². The number of nitrogens with zero attached hydrogens (tertiary/aromatic N) is 2. The van der Waals surface area contributed by atoms with Gasteiger partial charge in [-0.2, -0.15) is 22.0 Å². The van der Waals surface area contributed by atoms with E-state index in [1.165, 1.54) is 12.0 Å². The Morgan fingerprint density at radius 3 is 2.39 bits per heavy atom. The first-order valence-corrected chi connectivity index (χ1v) is 12.3. The highest BCUT2D eigenvalue weighted by Gasteiger charge is 2.60. The fraction of sp³-hybridized carbons (Fsp3) is 0.727. The number of aromatic nitrogens is 1. The van der Waals surface area contributed by atoms with Gasteiger partial charge in [-0.25, -0.2) is 4.98 Å². The minimum Gasteiger partial charge on any atom is -0.469 e. The molecule has 1 aromatic rings. The molecule has 36 heavy (non-hydrogen) atoms. The Balaban J connectivity index is 1.68. The highest BCUT2D eigenvalue weighted by Crippen LogP contribution is 2.44. The summed E-state index contributed by atoms with van der Waals surface area (Å²) in [6.45, 7) is 6.28. The molecule has 202 valence electrons. The monoisotopic (exact) mass is 540 g/mol. The molecule has 1 aliphatic carbocycles. The zero-order chi connectivity index (χ0) is 27.1. The molecule has 1 saturated carbocycles. The van der Waals surface area contributed by atoms with Crippen molar-refractivity contribution in [1.82, 2.24) is 20.5 Å². The van der Waals surface area contributed by atoms with E-state index in [4.69, 9.17) is 4.74 Å². The summed E-state index contributed by atoms with van der Waals surface area (Å²) in [5, 5.41) is 5.70. The van der Waals surface area contributed by atoms with E-state index >= 15 is 0 Å². The van der Waals surface area contributed by atoms with Crippen molar-refractivity contribution in [2.45, 2.75) is 82.2 Å². The van der Waals surface area contributed by atoms with Gasteiger partial charge >= 0.3 is 18.1 Å². The molecule has 0 unspecified atom stereocenters. The van der Waals surface area contributed by atoms with Crippen molar-refractivity contribution in [3.63, 3.8) is 0 Å². The molecule has 1 saturated heterocycles. The standard InChI is InChI=1S/C22H29F5N4O4S/c1-20(2,3)30-11-5-6-14(12(9-11)19(34)35-4)31-8-7-13(18(31)33)28-16(32)17-29-15(10-36-17)21(23,24)22(25,26)27/h10-14,30H,5-9H2,1-4H3,(H,28,32)/t11-,12-,13+,14+/m1/s1. The summed E-state index contributed by atoms with van der Waals surface area (Å²) in [6, 6.07) is -1.41. The van der Waals surface area contributed by atoms with Crippen LogP contribution in [-0.4, -0.2) is 71.2 Å². The number of amides is 2. The summed E-state index contributed by atoms with van der Waals surface area (Å²) in [5.74, 6) is -7.70. The van der Waals surface area contributed by atoms with Gasteiger partial charge in [-0.15, -0.1) is 11.3 Å². The van der Waals surface area contributed by atoms with Crippen LogP contribution in [0.5, 0.6) is 0 Å². The molecule has 0 spiro atoms.